The van der Waals surface area contributed by atoms with Crippen molar-refractivity contribution in [2.24, 2.45) is 11.1 Å². The standard InChI is InChI=1S/C29H39ClF2N6O3/c1-17-26(25(18(2)33)19(3)39)35-27(22-10-21(6-7-23(22)30)41-13-20(40)11-34-4)36-28(17)38-15-29(16-38)8-5-9-37(14-29)12-24(31)32/h6-7,10,20,24,34,40H,5,8-9,11-16,33H2,1-4H3/t20-/m1/s1. The molecule has 0 amide bonds. The van der Waals surface area contributed by atoms with Crippen molar-refractivity contribution in [2.75, 3.05) is 57.8 Å². The Morgan fingerprint density at radius 1 is 1.27 bits per heavy atom. The van der Waals surface area contributed by atoms with Crippen LogP contribution in [-0.2, 0) is 4.79 Å². The summed E-state index contributed by atoms with van der Waals surface area (Å²) >= 11 is 6.61. The molecular formula is C29H39ClF2N6O3. The lowest BCUT2D eigenvalue weighted by atomic mass is 9.73. The van der Waals surface area contributed by atoms with E-state index >= 15 is 0 Å². The molecule has 0 aliphatic carbocycles. The van der Waals surface area contributed by atoms with Crippen LogP contribution in [0.25, 0.3) is 17.0 Å². The molecule has 3 heterocycles. The summed E-state index contributed by atoms with van der Waals surface area (Å²) in [6, 6.07) is 5.08. The highest BCUT2D eigenvalue weighted by Gasteiger charge is 2.47. The van der Waals surface area contributed by atoms with E-state index in [-0.39, 0.29) is 24.3 Å². The summed E-state index contributed by atoms with van der Waals surface area (Å²) in [5.74, 6) is 1.21. The van der Waals surface area contributed by atoms with Gasteiger partial charge in [-0.25, -0.2) is 18.7 Å². The molecule has 2 fully saturated rings. The van der Waals surface area contributed by atoms with Gasteiger partial charge in [0.05, 0.1) is 22.8 Å². The third-order valence-electron chi connectivity index (χ3n) is 7.65. The molecule has 1 atom stereocenters. The number of allylic oxidation sites excluding steroid dienone is 2. The number of piperidine rings is 1. The number of aliphatic hydroxyl groups excluding tert-OH is 1. The molecule has 2 aliphatic heterocycles. The third kappa shape index (κ3) is 7.14. The first-order valence-electron chi connectivity index (χ1n) is 13.8. The van der Waals surface area contributed by atoms with Crippen LogP contribution in [0.15, 0.2) is 23.9 Å². The zero-order valence-electron chi connectivity index (χ0n) is 24.0. The molecule has 224 valence electrons. The quantitative estimate of drug-likeness (QED) is 0.337. The van der Waals surface area contributed by atoms with Crippen molar-refractivity contribution < 1.29 is 23.4 Å². The largest absolute Gasteiger partial charge is 0.491 e. The molecule has 0 unspecified atom stereocenters. The number of aliphatic hydroxyl groups is 1. The Labute approximate surface area is 244 Å². The van der Waals surface area contributed by atoms with E-state index in [0.29, 0.717) is 83.2 Å². The second-order valence-electron chi connectivity index (χ2n) is 11.2. The number of rotatable bonds is 11. The van der Waals surface area contributed by atoms with E-state index in [1.807, 2.05) is 11.8 Å². The summed E-state index contributed by atoms with van der Waals surface area (Å²) in [7, 11) is 1.74. The van der Waals surface area contributed by atoms with Gasteiger partial charge in [0.2, 0.25) is 0 Å². The van der Waals surface area contributed by atoms with Crippen LogP contribution < -0.4 is 20.7 Å². The molecule has 41 heavy (non-hydrogen) atoms. The minimum atomic E-state index is -2.36. The number of likely N-dealkylation sites (tertiary alicyclic amines) is 1. The van der Waals surface area contributed by atoms with Crippen LogP contribution in [0.2, 0.25) is 5.02 Å². The van der Waals surface area contributed by atoms with Crippen molar-refractivity contribution in [2.45, 2.75) is 46.1 Å². The number of aromatic nitrogens is 2. The lowest BCUT2D eigenvalue weighted by Gasteiger charge is -2.55. The average molecular weight is 593 g/mol. The Morgan fingerprint density at radius 2 is 2.00 bits per heavy atom. The van der Waals surface area contributed by atoms with E-state index in [0.717, 1.165) is 12.8 Å². The van der Waals surface area contributed by atoms with Gasteiger partial charge in [0.25, 0.3) is 6.43 Å². The lowest BCUT2D eigenvalue weighted by Crippen LogP contribution is -2.63. The minimum Gasteiger partial charge on any atom is -0.491 e. The Hall–Kier alpha value is -2.86. The maximum absolute atomic E-state index is 13.1. The van der Waals surface area contributed by atoms with Gasteiger partial charge in [0.15, 0.2) is 11.6 Å². The maximum atomic E-state index is 13.1. The molecule has 4 N–H and O–H groups in total. The van der Waals surface area contributed by atoms with Gasteiger partial charge in [-0.2, -0.15) is 0 Å². The number of hydrogen-bond donors (Lipinski definition) is 3. The van der Waals surface area contributed by atoms with Gasteiger partial charge in [-0.15, -0.1) is 0 Å². The van der Waals surface area contributed by atoms with E-state index in [4.69, 9.17) is 32.0 Å². The maximum Gasteiger partial charge on any atom is 0.251 e. The number of ether oxygens (including phenoxy) is 1. The highest BCUT2D eigenvalue weighted by atomic mass is 35.5. The Balaban J connectivity index is 1.71. The third-order valence-corrected chi connectivity index (χ3v) is 7.98. The number of carbonyl (C=O) groups excluding carboxylic acids is 1. The van der Waals surface area contributed by atoms with Gasteiger partial charge >= 0.3 is 0 Å². The monoisotopic (exact) mass is 592 g/mol. The summed E-state index contributed by atoms with van der Waals surface area (Å²) in [5.41, 5.74) is 8.35. The number of likely N-dealkylation sites (N-methyl/N-ethyl adjacent to an activating group) is 1. The number of nitrogens with one attached hydrogen (secondary N) is 1. The highest BCUT2D eigenvalue weighted by Crippen LogP contribution is 2.43. The fourth-order valence-corrected chi connectivity index (χ4v) is 6.09. The molecule has 1 spiro atoms. The molecule has 2 aromatic rings. The molecule has 1 aromatic heterocycles. The van der Waals surface area contributed by atoms with E-state index in [1.165, 1.54) is 6.92 Å². The lowest BCUT2D eigenvalue weighted by molar-refractivity contribution is -0.111. The first kappa shape index (κ1) is 31.1. The van der Waals surface area contributed by atoms with Gasteiger partial charge < -0.3 is 25.8 Å². The van der Waals surface area contributed by atoms with Crippen molar-refractivity contribution in [1.29, 1.82) is 0 Å². The topological polar surface area (TPSA) is 117 Å². The van der Waals surface area contributed by atoms with Gasteiger partial charge in [-0.1, -0.05) is 11.6 Å². The van der Waals surface area contributed by atoms with Crippen LogP contribution in [0, 0.1) is 12.3 Å². The predicted molar refractivity (Wildman–Crippen MR) is 156 cm³/mol. The number of benzene rings is 1. The van der Waals surface area contributed by atoms with Crippen LogP contribution in [0.1, 0.15) is 37.9 Å². The number of nitrogens with two attached hydrogens (primary N) is 1. The number of carbonyl (C=O) groups is 1. The number of ketones is 1. The SMILES string of the molecule is CNC[C@@H](O)COc1ccc(Cl)c(-c2nc(C(C(C)=O)=C(C)N)c(C)c(N3CC4(CCCN(CC(F)F)C4)C3)n2)c1. The summed E-state index contributed by atoms with van der Waals surface area (Å²) in [5, 5.41) is 13.3. The number of Topliss-reactive ketones (excluding diaryl/α,β-unsaturated/α-hetero) is 1. The Kier molecular flexibility index (Phi) is 9.84. The second kappa shape index (κ2) is 13.0. The first-order chi connectivity index (χ1) is 19.4. The van der Waals surface area contributed by atoms with Crippen LogP contribution in [-0.4, -0.2) is 91.2 Å². The predicted octanol–water partition coefficient (Wildman–Crippen LogP) is 3.51. The Morgan fingerprint density at radius 3 is 2.63 bits per heavy atom. The summed E-state index contributed by atoms with van der Waals surface area (Å²) in [4.78, 5) is 26.3. The van der Waals surface area contributed by atoms with E-state index in [9.17, 15) is 18.7 Å². The fourth-order valence-electron chi connectivity index (χ4n) is 5.89. The van der Waals surface area contributed by atoms with Crippen molar-refractivity contribution in [3.8, 4) is 17.1 Å². The molecular weight excluding hydrogens is 554 g/mol. The smallest absolute Gasteiger partial charge is 0.251 e. The van der Waals surface area contributed by atoms with Crippen LogP contribution in [0.5, 0.6) is 5.75 Å². The molecule has 0 radical (unpaired) electrons. The molecule has 12 heteroatoms. The number of alkyl halides is 2. The molecule has 0 bridgehead atoms. The summed E-state index contributed by atoms with van der Waals surface area (Å²) in [6.07, 6.45) is -1.23. The molecule has 9 nitrogen and oxygen atoms in total. The average Bonchev–Trinajstić information content (AvgIpc) is 2.87. The van der Waals surface area contributed by atoms with Crippen LogP contribution in [0.3, 0.4) is 0 Å². The van der Waals surface area contributed by atoms with Gasteiger partial charge in [0, 0.05) is 48.4 Å². The number of hydrogen-bond acceptors (Lipinski definition) is 9. The van der Waals surface area contributed by atoms with Crippen molar-refractivity contribution >= 4 is 28.8 Å². The van der Waals surface area contributed by atoms with E-state index < -0.39 is 12.5 Å². The molecule has 4 rings (SSSR count). The number of anilines is 1. The summed E-state index contributed by atoms with van der Waals surface area (Å²) in [6.45, 7) is 7.82. The zero-order valence-corrected chi connectivity index (χ0v) is 24.8. The first-order valence-corrected chi connectivity index (χ1v) is 14.2. The molecule has 2 aliphatic rings. The molecule has 0 saturated carbocycles. The fraction of sp³-hybridized carbons (Fsp3) is 0.552. The zero-order chi connectivity index (χ0) is 29.9. The van der Waals surface area contributed by atoms with Gasteiger partial charge in [-0.3, -0.25) is 9.69 Å². The summed E-state index contributed by atoms with van der Waals surface area (Å²) < 4.78 is 31.9. The van der Waals surface area contributed by atoms with Crippen LogP contribution >= 0.6 is 11.6 Å². The Bertz CT molecular complexity index is 1300. The molecule has 2 saturated heterocycles. The van der Waals surface area contributed by atoms with Gasteiger partial charge in [0.1, 0.15) is 24.3 Å². The van der Waals surface area contributed by atoms with Gasteiger partial charge in [-0.05, 0) is 65.4 Å². The highest BCUT2D eigenvalue weighted by molar-refractivity contribution is 6.33. The van der Waals surface area contributed by atoms with Crippen molar-refractivity contribution in [1.82, 2.24) is 20.2 Å². The van der Waals surface area contributed by atoms with E-state index in [2.05, 4.69) is 10.2 Å². The van der Waals surface area contributed by atoms with Crippen molar-refractivity contribution in [3.63, 3.8) is 0 Å². The number of nitrogens with zero attached hydrogens (tertiary/aromatic N) is 4. The van der Waals surface area contributed by atoms with Crippen LogP contribution in [0.4, 0.5) is 14.6 Å². The van der Waals surface area contributed by atoms with Crippen molar-refractivity contribution in [3.05, 3.63) is 40.2 Å². The second-order valence-corrected chi connectivity index (χ2v) is 11.6. The normalized spacial score (nSPS) is 18.3. The number of halogens is 3. The molecule has 1 aromatic carbocycles. The minimum absolute atomic E-state index is 0.0786. The van der Waals surface area contributed by atoms with E-state index in [1.54, 1.807) is 32.2 Å².